The van der Waals surface area contributed by atoms with Crippen LogP contribution >= 0.6 is 0 Å². The number of likely N-dealkylation sites (N-methyl/N-ethyl adjacent to an activating group) is 1. The number of hydrogen-bond donors (Lipinski definition) is 2. The van der Waals surface area contributed by atoms with Gasteiger partial charge in [0, 0.05) is 80.7 Å². The molecule has 14 nitrogen and oxygen atoms in total. The second kappa shape index (κ2) is 20.7. The van der Waals surface area contributed by atoms with Crippen molar-refractivity contribution in [2.24, 2.45) is 17.3 Å². The van der Waals surface area contributed by atoms with Crippen molar-refractivity contribution < 1.29 is 41.9 Å². The van der Waals surface area contributed by atoms with Crippen LogP contribution in [0, 0.1) is 17.3 Å². The van der Waals surface area contributed by atoms with Gasteiger partial charge in [-0.1, -0.05) is 64.6 Å². The molecule has 2 fully saturated rings. The van der Waals surface area contributed by atoms with Crippen molar-refractivity contribution in [1.29, 1.82) is 0 Å². The molecular weight excluding hydrogens is 878 g/mol. The fourth-order valence-electron chi connectivity index (χ4n) is 10.2. The molecule has 2 N–H and O–H groups in total. The normalized spacial score (nSPS) is 17.5. The third kappa shape index (κ3) is 11.3. The standard InChI is InChI=1S/C51H65F3N8O6/c1-8-44(64)59-23-19-37(29-59)48(66)58(7)45(32(2)3)47(65)57-41(49(67)62-22-12-10-20-55-62)25-34-14-13-15-35(24-34)36-17-18-42-38(26-36)39(27-50(5,6)31-68-33(4)63)46(60(42)30-51(52,53)54)40-28-56-61-21-11-9-16-43(40)61/h8,13-15,17-18,24,26,28,32,37,41,45,55H,1,9-12,16,19-23,25,27,29-31H2,2-7H3,(H,57,65)/t37-,41-,45-/m0/s1. The summed E-state index contributed by atoms with van der Waals surface area (Å²) in [6.07, 6.45) is 3.42. The maximum atomic E-state index is 14.6. The molecule has 2 aromatic heterocycles. The number of benzene rings is 2. The highest BCUT2D eigenvalue weighted by Crippen LogP contribution is 2.43. The Kier molecular flexibility index (Phi) is 15.2. The van der Waals surface area contributed by atoms with Crippen molar-refractivity contribution in [3.05, 3.63) is 78.1 Å². The van der Waals surface area contributed by atoms with Gasteiger partial charge in [0.05, 0.1) is 24.4 Å². The van der Waals surface area contributed by atoms with Crippen LogP contribution in [0.3, 0.4) is 0 Å². The minimum absolute atomic E-state index is 0.0625. The third-order valence-corrected chi connectivity index (χ3v) is 13.4. The molecule has 366 valence electrons. The van der Waals surface area contributed by atoms with Gasteiger partial charge in [0.2, 0.25) is 17.7 Å². The highest BCUT2D eigenvalue weighted by molar-refractivity contribution is 5.96. The Morgan fingerprint density at radius 1 is 1.01 bits per heavy atom. The number of halogens is 3. The first-order chi connectivity index (χ1) is 32.2. The Labute approximate surface area is 396 Å². The van der Waals surface area contributed by atoms with E-state index in [0.717, 1.165) is 48.1 Å². The van der Waals surface area contributed by atoms with E-state index < -0.39 is 48.0 Å². The van der Waals surface area contributed by atoms with E-state index in [1.165, 1.54) is 22.5 Å². The van der Waals surface area contributed by atoms with E-state index in [0.29, 0.717) is 73.2 Å². The molecule has 3 aliphatic rings. The quantitative estimate of drug-likeness (QED) is 0.0913. The van der Waals surface area contributed by atoms with Crippen LogP contribution in [0.15, 0.2) is 61.3 Å². The molecule has 4 aromatic rings. The summed E-state index contributed by atoms with van der Waals surface area (Å²) in [4.78, 5) is 69.8. The van der Waals surface area contributed by atoms with E-state index in [4.69, 9.17) is 4.74 Å². The number of aromatic nitrogens is 3. The maximum absolute atomic E-state index is 14.6. The number of amides is 4. The Morgan fingerprint density at radius 2 is 1.76 bits per heavy atom. The van der Waals surface area contributed by atoms with Crippen molar-refractivity contribution in [3.63, 3.8) is 0 Å². The lowest BCUT2D eigenvalue weighted by atomic mass is 9.84. The molecule has 0 unspecified atom stereocenters. The van der Waals surface area contributed by atoms with Gasteiger partial charge < -0.3 is 24.4 Å². The van der Waals surface area contributed by atoms with Gasteiger partial charge in [0.1, 0.15) is 18.6 Å². The topological polar surface area (TPSA) is 151 Å². The van der Waals surface area contributed by atoms with Gasteiger partial charge >= 0.3 is 12.1 Å². The highest BCUT2D eigenvalue weighted by Gasteiger charge is 2.40. The summed E-state index contributed by atoms with van der Waals surface area (Å²) in [6, 6.07) is 11.1. The zero-order valence-corrected chi connectivity index (χ0v) is 40.1. The number of rotatable bonds is 16. The average molecular weight is 943 g/mol. The molecule has 17 heteroatoms. The zero-order valence-electron chi connectivity index (χ0n) is 40.1. The largest absolute Gasteiger partial charge is 0.465 e. The Balaban J connectivity index is 1.24. The molecule has 3 aliphatic heterocycles. The molecule has 3 atom stereocenters. The van der Waals surface area contributed by atoms with Crippen LogP contribution in [0.2, 0.25) is 0 Å². The van der Waals surface area contributed by atoms with Gasteiger partial charge in [0.25, 0.3) is 5.91 Å². The summed E-state index contributed by atoms with van der Waals surface area (Å²) in [5.74, 6) is -2.56. The molecule has 0 bridgehead atoms. The number of ether oxygens (including phenoxy) is 1. The van der Waals surface area contributed by atoms with Crippen molar-refractivity contribution in [2.75, 3.05) is 39.8 Å². The van der Waals surface area contributed by atoms with E-state index >= 15 is 0 Å². The first kappa shape index (κ1) is 49.9. The minimum Gasteiger partial charge on any atom is -0.465 e. The molecular formula is C51H65F3N8O6. The molecule has 0 aliphatic carbocycles. The predicted octanol–water partition coefficient (Wildman–Crippen LogP) is 6.87. The number of likely N-dealkylation sites (tertiary alicyclic amines) is 1. The third-order valence-electron chi connectivity index (χ3n) is 13.4. The van der Waals surface area contributed by atoms with Gasteiger partial charge in [-0.3, -0.25) is 33.7 Å². The van der Waals surface area contributed by atoms with Crippen LogP contribution in [0.1, 0.15) is 83.5 Å². The summed E-state index contributed by atoms with van der Waals surface area (Å²) < 4.78 is 52.6. The van der Waals surface area contributed by atoms with E-state index in [1.54, 1.807) is 35.3 Å². The zero-order chi connectivity index (χ0) is 49.1. The number of aryl methyl sites for hydroxylation is 1. The monoisotopic (exact) mass is 942 g/mol. The van der Waals surface area contributed by atoms with E-state index in [1.807, 2.05) is 62.7 Å². The van der Waals surface area contributed by atoms with Gasteiger partial charge in [-0.2, -0.15) is 18.3 Å². The van der Waals surface area contributed by atoms with Crippen LogP contribution in [0.25, 0.3) is 33.3 Å². The smallest absolute Gasteiger partial charge is 0.406 e. The molecule has 5 heterocycles. The lowest BCUT2D eigenvalue weighted by molar-refractivity contribution is -0.146. The molecule has 2 saturated heterocycles. The SMILES string of the molecule is C=CC(=O)N1CC[C@H](C(=O)N(C)[C@H](C(=O)N[C@@H](Cc2cccc(-c3ccc4c(c3)c(CC(C)(C)COC(C)=O)c(-c3cnn5c3CCCC5)n4CC(F)(F)F)c2)C(=O)N2CCCCN2)C(C)C)C1. The second-order valence-corrected chi connectivity index (χ2v) is 19.7. The molecule has 0 spiro atoms. The van der Waals surface area contributed by atoms with Gasteiger partial charge in [0.15, 0.2) is 0 Å². The summed E-state index contributed by atoms with van der Waals surface area (Å²) in [7, 11) is 1.59. The molecule has 7 rings (SSSR count). The molecule has 0 saturated carbocycles. The van der Waals surface area contributed by atoms with Crippen molar-refractivity contribution in [1.82, 2.24) is 39.9 Å². The van der Waals surface area contributed by atoms with Gasteiger partial charge in [-0.15, -0.1) is 0 Å². The number of hydrogen-bond acceptors (Lipinski definition) is 8. The van der Waals surface area contributed by atoms with Gasteiger partial charge in [-0.25, -0.2) is 5.43 Å². The van der Waals surface area contributed by atoms with Crippen LogP contribution in [-0.2, 0) is 61.1 Å². The predicted molar refractivity (Wildman–Crippen MR) is 253 cm³/mol. The highest BCUT2D eigenvalue weighted by atomic mass is 19.4. The molecule has 0 radical (unpaired) electrons. The van der Waals surface area contributed by atoms with E-state index in [9.17, 15) is 37.1 Å². The number of fused-ring (bicyclic) bond motifs is 2. The first-order valence-corrected chi connectivity index (χ1v) is 23.8. The Bertz CT molecular complexity index is 2540. The van der Waals surface area contributed by atoms with Crippen LogP contribution in [0.5, 0.6) is 0 Å². The van der Waals surface area contributed by atoms with Crippen LogP contribution < -0.4 is 10.7 Å². The molecule has 2 aromatic carbocycles. The lowest BCUT2D eigenvalue weighted by Crippen LogP contribution is -2.59. The fraction of sp³-hybridized carbons (Fsp3) is 0.529. The molecule has 68 heavy (non-hydrogen) atoms. The fourth-order valence-corrected chi connectivity index (χ4v) is 10.2. The summed E-state index contributed by atoms with van der Waals surface area (Å²) in [6.45, 7) is 13.7. The van der Waals surface area contributed by atoms with Crippen molar-refractivity contribution in [2.45, 2.75) is 117 Å². The Morgan fingerprint density at radius 3 is 2.46 bits per heavy atom. The van der Waals surface area contributed by atoms with Crippen LogP contribution in [0.4, 0.5) is 13.2 Å². The van der Waals surface area contributed by atoms with Crippen LogP contribution in [-0.4, -0.2) is 117 Å². The summed E-state index contributed by atoms with van der Waals surface area (Å²) in [5, 5.41) is 9.82. The summed E-state index contributed by atoms with van der Waals surface area (Å²) >= 11 is 0. The number of carbonyl (C=O) groups excluding carboxylic acids is 5. The number of carbonyl (C=O) groups is 5. The summed E-state index contributed by atoms with van der Waals surface area (Å²) in [5.41, 5.74) is 7.84. The van der Waals surface area contributed by atoms with Crippen molar-refractivity contribution >= 4 is 40.5 Å². The number of esters is 1. The Hall–Kier alpha value is -5.97. The second-order valence-electron chi connectivity index (χ2n) is 19.7. The van der Waals surface area contributed by atoms with E-state index in [2.05, 4.69) is 22.4 Å². The lowest BCUT2D eigenvalue weighted by Gasteiger charge is -2.35. The first-order valence-electron chi connectivity index (χ1n) is 23.8. The maximum Gasteiger partial charge on any atom is 0.406 e. The number of alkyl halides is 3. The van der Waals surface area contributed by atoms with Crippen molar-refractivity contribution in [3.8, 4) is 22.4 Å². The number of nitrogens with zero attached hydrogens (tertiary/aromatic N) is 6. The number of hydrazine groups is 1. The average Bonchev–Trinajstić information content (AvgIpc) is 4.04. The minimum atomic E-state index is -4.54. The number of nitrogens with one attached hydrogen (secondary N) is 2. The van der Waals surface area contributed by atoms with Gasteiger partial charge in [-0.05, 0) is 91.3 Å². The molecule has 4 amide bonds. The van der Waals surface area contributed by atoms with E-state index in [-0.39, 0.29) is 43.2 Å².